The summed E-state index contributed by atoms with van der Waals surface area (Å²) in [4.78, 5) is 4.39. The zero-order chi connectivity index (χ0) is 18.5. The Morgan fingerprint density at radius 1 is 0.852 bits per heavy atom. The summed E-state index contributed by atoms with van der Waals surface area (Å²) >= 11 is 0. The van der Waals surface area contributed by atoms with Crippen LogP contribution >= 0.6 is 0 Å². The average molecular weight is 359 g/mol. The summed E-state index contributed by atoms with van der Waals surface area (Å²) in [6.07, 6.45) is 3.76. The molecule has 0 N–H and O–H groups in total. The van der Waals surface area contributed by atoms with E-state index in [1.807, 2.05) is 42.6 Å². The lowest BCUT2D eigenvalue weighted by Crippen LogP contribution is -2.00. The Morgan fingerprint density at radius 3 is 2.22 bits per heavy atom. The molecule has 3 nitrogen and oxygen atoms in total. The van der Waals surface area contributed by atoms with Gasteiger partial charge in [-0.05, 0) is 40.5 Å². The van der Waals surface area contributed by atoms with Crippen LogP contribution < -0.4 is 4.74 Å². The second-order valence-electron chi connectivity index (χ2n) is 7.28. The van der Waals surface area contributed by atoms with Crippen molar-refractivity contribution in [1.29, 1.82) is 0 Å². The Kier molecular flexibility index (Phi) is 5.50. The van der Waals surface area contributed by atoms with Crippen molar-refractivity contribution < 1.29 is 9.47 Å². The standard InChI is InChI=1S/C24H25NO2/c1-18-23(17-26-15-19-8-4-2-5-9-19)24(18)21-12-22(14-25-13-21)27-16-20-10-6-3-7-11-20/h2-14,18,23-24H,15-17H2,1H3. The molecule has 138 valence electrons. The molecule has 0 bridgehead atoms. The van der Waals surface area contributed by atoms with Crippen LogP contribution in [0.15, 0.2) is 79.1 Å². The van der Waals surface area contributed by atoms with Crippen molar-refractivity contribution in [3.63, 3.8) is 0 Å². The topological polar surface area (TPSA) is 31.4 Å². The summed E-state index contributed by atoms with van der Waals surface area (Å²) < 4.78 is 11.9. The van der Waals surface area contributed by atoms with Gasteiger partial charge in [-0.1, -0.05) is 67.6 Å². The third-order valence-corrected chi connectivity index (χ3v) is 5.35. The number of rotatable bonds is 8. The molecule has 0 spiro atoms. The molecular formula is C24H25NO2. The van der Waals surface area contributed by atoms with Crippen molar-refractivity contribution in [2.45, 2.75) is 26.1 Å². The average Bonchev–Trinajstić information content (AvgIpc) is 3.37. The first-order chi connectivity index (χ1) is 13.3. The minimum Gasteiger partial charge on any atom is -0.487 e. The van der Waals surface area contributed by atoms with Gasteiger partial charge in [0.2, 0.25) is 0 Å². The second kappa shape index (κ2) is 8.36. The minimum absolute atomic E-state index is 0.508. The quantitative estimate of drug-likeness (QED) is 0.552. The van der Waals surface area contributed by atoms with Crippen LogP contribution in [0.4, 0.5) is 0 Å². The highest BCUT2D eigenvalue weighted by Gasteiger charge is 2.47. The van der Waals surface area contributed by atoms with Crippen LogP contribution in [0.2, 0.25) is 0 Å². The van der Waals surface area contributed by atoms with Crippen LogP contribution in [0.1, 0.15) is 29.5 Å². The first-order valence-electron chi connectivity index (χ1n) is 9.54. The van der Waals surface area contributed by atoms with Crippen LogP contribution in [0, 0.1) is 11.8 Å². The predicted octanol–water partition coefficient (Wildman–Crippen LogP) is 5.23. The number of pyridine rings is 1. The predicted molar refractivity (Wildman–Crippen MR) is 107 cm³/mol. The summed E-state index contributed by atoms with van der Waals surface area (Å²) in [7, 11) is 0. The van der Waals surface area contributed by atoms with Crippen LogP contribution in [0.3, 0.4) is 0 Å². The maximum atomic E-state index is 5.95. The number of nitrogens with zero attached hydrogens (tertiary/aromatic N) is 1. The number of aromatic nitrogens is 1. The van der Waals surface area contributed by atoms with E-state index in [2.05, 4.69) is 42.2 Å². The van der Waals surface area contributed by atoms with Gasteiger partial charge in [-0.15, -0.1) is 0 Å². The molecule has 1 saturated carbocycles. The molecule has 3 aromatic rings. The fraction of sp³-hybridized carbons (Fsp3) is 0.292. The van der Waals surface area contributed by atoms with Crippen LogP contribution in [-0.2, 0) is 18.0 Å². The Bertz CT molecular complexity index is 851. The van der Waals surface area contributed by atoms with Gasteiger partial charge in [0.1, 0.15) is 12.4 Å². The summed E-state index contributed by atoms with van der Waals surface area (Å²) in [5.74, 6) is 2.51. The van der Waals surface area contributed by atoms with Crippen molar-refractivity contribution in [3.05, 3.63) is 95.8 Å². The summed E-state index contributed by atoms with van der Waals surface area (Å²) in [6, 6.07) is 22.7. The molecule has 1 fully saturated rings. The van der Waals surface area contributed by atoms with Gasteiger partial charge in [0.15, 0.2) is 0 Å². The molecule has 0 aliphatic heterocycles. The molecule has 0 saturated heterocycles. The molecule has 0 radical (unpaired) electrons. The molecular weight excluding hydrogens is 334 g/mol. The van der Waals surface area contributed by atoms with E-state index in [4.69, 9.17) is 9.47 Å². The zero-order valence-electron chi connectivity index (χ0n) is 15.6. The highest BCUT2D eigenvalue weighted by Crippen LogP contribution is 2.54. The zero-order valence-corrected chi connectivity index (χ0v) is 15.6. The Labute approximate surface area is 161 Å². The lowest BCUT2D eigenvalue weighted by molar-refractivity contribution is 0.107. The van der Waals surface area contributed by atoms with E-state index in [1.54, 1.807) is 6.20 Å². The summed E-state index contributed by atoms with van der Waals surface area (Å²) in [6.45, 7) is 4.32. The van der Waals surface area contributed by atoms with E-state index in [9.17, 15) is 0 Å². The largest absolute Gasteiger partial charge is 0.487 e. The molecule has 1 aliphatic carbocycles. The Balaban J connectivity index is 1.31. The van der Waals surface area contributed by atoms with E-state index in [-0.39, 0.29) is 0 Å². The van der Waals surface area contributed by atoms with Crippen molar-refractivity contribution >= 4 is 0 Å². The van der Waals surface area contributed by atoms with Crippen molar-refractivity contribution in [3.8, 4) is 5.75 Å². The Morgan fingerprint density at radius 2 is 1.52 bits per heavy atom. The number of ether oxygens (including phenoxy) is 2. The number of benzene rings is 2. The highest BCUT2D eigenvalue weighted by atomic mass is 16.5. The first-order valence-corrected chi connectivity index (χ1v) is 9.54. The molecule has 4 rings (SSSR count). The third kappa shape index (κ3) is 4.55. The van der Waals surface area contributed by atoms with Gasteiger partial charge in [-0.3, -0.25) is 4.98 Å². The van der Waals surface area contributed by atoms with Crippen molar-refractivity contribution in [1.82, 2.24) is 4.98 Å². The summed E-state index contributed by atoms with van der Waals surface area (Å²) in [5, 5.41) is 0. The van der Waals surface area contributed by atoms with Gasteiger partial charge in [-0.2, -0.15) is 0 Å². The maximum Gasteiger partial charge on any atom is 0.138 e. The smallest absolute Gasteiger partial charge is 0.138 e. The van der Waals surface area contributed by atoms with Gasteiger partial charge in [-0.25, -0.2) is 0 Å². The van der Waals surface area contributed by atoms with Crippen LogP contribution in [-0.4, -0.2) is 11.6 Å². The monoisotopic (exact) mass is 359 g/mol. The third-order valence-electron chi connectivity index (χ3n) is 5.35. The molecule has 3 atom stereocenters. The molecule has 2 aromatic carbocycles. The number of hydrogen-bond acceptors (Lipinski definition) is 3. The molecule has 1 aliphatic rings. The molecule has 27 heavy (non-hydrogen) atoms. The maximum absolute atomic E-state index is 5.95. The molecule has 1 aromatic heterocycles. The second-order valence-corrected chi connectivity index (χ2v) is 7.28. The van der Waals surface area contributed by atoms with E-state index in [1.165, 1.54) is 11.1 Å². The van der Waals surface area contributed by atoms with Crippen molar-refractivity contribution in [2.24, 2.45) is 11.8 Å². The van der Waals surface area contributed by atoms with Gasteiger partial charge in [0.25, 0.3) is 0 Å². The van der Waals surface area contributed by atoms with Gasteiger partial charge in [0.05, 0.1) is 19.4 Å². The number of hydrogen-bond donors (Lipinski definition) is 0. The highest BCUT2D eigenvalue weighted by molar-refractivity contribution is 5.32. The van der Waals surface area contributed by atoms with Gasteiger partial charge < -0.3 is 9.47 Å². The van der Waals surface area contributed by atoms with E-state index in [0.29, 0.717) is 31.0 Å². The van der Waals surface area contributed by atoms with Crippen LogP contribution in [0.25, 0.3) is 0 Å². The fourth-order valence-electron chi connectivity index (χ4n) is 3.68. The van der Waals surface area contributed by atoms with Crippen molar-refractivity contribution in [2.75, 3.05) is 6.61 Å². The van der Waals surface area contributed by atoms with E-state index in [0.717, 1.165) is 17.9 Å². The lowest BCUT2D eigenvalue weighted by Gasteiger charge is -2.08. The molecule has 3 unspecified atom stereocenters. The normalized spacial score (nSPS) is 21.0. The minimum atomic E-state index is 0.508. The van der Waals surface area contributed by atoms with E-state index < -0.39 is 0 Å². The van der Waals surface area contributed by atoms with Gasteiger partial charge >= 0.3 is 0 Å². The molecule has 0 amide bonds. The first kappa shape index (κ1) is 17.7. The molecule has 3 heteroatoms. The SMILES string of the molecule is CC1C(COCc2ccccc2)C1c1cncc(OCc2ccccc2)c1. The summed E-state index contributed by atoms with van der Waals surface area (Å²) in [5.41, 5.74) is 3.64. The Hall–Kier alpha value is -2.65. The lowest BCUT2D eigenvalue weighted by atomic mass is 10.1. The van der Waals surface area contributed by atoms with Crippen LogP contribution in [0.5, 0.6) is 5.75 Å². The fourth-order valence-corrected chi connectivity index (χ4v) is 3.68. The molecule has 1 heterocycles. The van der Waals surface area contributed by atoms with E-state index >= 15 is 0 Å². The van der Waals surface area contributed by atoms with Gasteiger partial charge in [0, 0.05) is 6.20 Å².